The van der Waals surface area contributed by atoms with Crippen LogP contribution in [0, 0.1) is 0 Å². The summed E-state index contributed by atoms with van der Waals surface area (Å²) in [4.78, 5) is 8.52. The molecule has 0 aromatic carbocycles. The Morgan fingerprint density at radius 2 is 2.57 bits per heavy atom. The maximum atomic E-state index is 8.52. The fourth-order valence-corrected chi connectivity index (χ4v) is 1.15. The van der Waals surface area contributed by atoms with E-state index in [2.05, 4.69) is 4.52 Å². The van der Waals surface area contributed by atoms with E-state index in [9.17, 15) is 0 Å². The summed E-state index contributed by atoms with van der Waals surface area (Å²) in [6.45, 7) is 2.39. The van der Waals surface area contributed by atoms with Gasteiger partial charge < -0.3 is 13.9 Å². The van der Waals surface area contributed by atoms with Crippen molar-refractivity contribution >= 4 is 8.60 Å². The molecule has 1 saturated heterocycles. The molecule has 0 spiro atoms. The first-order valence-electron chi connectivity index (χ1n) is 2.08. The molecule has 0 bridgehead atoms. The first-order valence-corrected chi connectivity index (χ1v) is 3.21. The molecule has 1 rings (SSSR count). The highest BCUT2D eigenvalue weighted by Gasteiger charge is 2.20. The van der Waals surface area contributed by atoms with Gasteiger partial charge in [0, 0.05) is 0 Å². The van der Waals surface area contributed by atoms with Crippen molar-refractivity contribution in [3.63, 3.8) is 0 Å². The monoisotopic (exact) mass is 122 g/mol. The third-order valence-corrected chi connectivity index (χ3v) is 1.60. The lowest BCUT2D eigenvalue weighted by Gasteiger charge is -1.94. The largest absolute Gasteiger partial charge is 0.330 e. The van der Waals surface area contributed by atoms with Crippen molar-refractivity contribution in [2.24, 2.45) is 0 Å². The number of hydrogen-bond donors (Lipinski definition) is 1. The van der Waals surface area contributed by atoms with Gasteiger partial charge in [0.15, 0.2) is 0 Å². The average Bonchev–Trinajstić information content (AvgIpc) is 1.87. The topological polar surface area (TPSA) is 38.7 Å². The van der Waals surface area contributed by atoms with E-state index in [0.29, 0.717) is 6.61 Å². The molecule has 3 nitrogen and oxygen atoms in total. The molecule has 0 radical (unpaired) electrons. The quantitative estimate of drug-likeness (QED) is 0.479. The predicted molar refractivity (Wildman–Crippen MR) is 25.6 cm³/mol. The molecular weight excluding hydrogens is 115 g/mol. The average molecular weight is 122 g/mol. The van der Waals surface area contributed by atoms with E-state index in [1.165, 1.54) is 0 Å². The summed E-state index contributed by atoms with van der Waals surface area (Å²) in [5.41, 5.74) is 0. The van der Waals surface area contributed by atoms with Crippen molar-refractivity contribution in [3.05, 3.63) is 0 Å². The van der Waals surface area contributed by atoms with E-state index in [-0.39, 0.29) is 6.10 Å². The molecular formula is C3H7O3P. The van der Waals surface area contributed by atoms with Gasteiger partial charge >= 0.3 is 8.60 Å². The van der Waals surface area contributed by atoms with Gasteiger partial charge in [-0.3, -0.25) is 0 Å². The Labute approximate surface area is 43.2 Å². The lowest BCUT2D eigenvalue weighted by atomic mass is 10.5. The minimum absolute atomic E-state index is 0.0797. The second-order valence-electron chi connectivity index (χ2n) is 1.45. The number of rotatable bonds is 0. The van der Waals surface area contributed by atoms with Crippen molar-refractivity contribution in [1.29, 1.82) is 0 Å². The zero-order valence-corrected chi connectivity index (χ0v) is 4.89. The van der Waals surface area contributed by atoms with Crippen LogP contribution in [0.2, 0.25) is 0 Å². The molecule has 7 heavy (non-hydrogen) atoms. The van der Waals surface area contributed by atoms with Crippen LogP contribution in [-0.2, 0) is 9.05 Å². The van der Waals surface area contributed by atoms with Crippen molar-refractivity contribution in [2.45, 2.75) is 13.0 Å². The van der Waals surface area contributed by atoms with Crippen LogP contribution in [0.25, 0.3) is 0 Å². The van der Waals surface area contributed by atoms with E-state index < -0.39 is 8.60 Å². The second-order valence-corrected chi connectivity index (χ2v) is 2.39. The third-order valence-electron chi connectivity index (χ3n) is 0.690. The summed E-state index contributed by atoms with van der Waals surface area (Å²) in [6, 6.07) is 0. The molecule has 0 aromatic rings. The van der Waals surface area contributed by atoms with Crippen molar-refractivity contribution in [2.75, 3.05) is 6.61 Å². The van der Waals surface area contributed by atoms with Crippen molar-refractivity contribution in [3.8, 4) is 0 Å². The smallest absolute Gasteiger partial charge is 0.328 e. The van der Waals surface area contributed by atoms with Gasteiger partial charge in [-0.1, -0.05) is 0 Å². The van der Waals surface area contributed by atoms with E-state index in [1.807, 2.05) is 6.92 Å². The molecule has 0 aliphatic carbocycles. The molecule has 1 fully saturated rings. The second kappa shape index (κ2) is 2.05. The van der Waals surface area contributed by atoms with E-state index >= 15 is 0 Å². The fourth-order valence-electron chi connectivity index (χ4n) is 0.384. The normalized spacial score (nSPS) is 42.0. The first-order chi connectivity index (χ1) is 3.29. The van der Waals surface area contributed by atoms with Gasteiger partial charge in [-0.2, -0.15) is 0 Å². The molecule has 1 heterocycles. The number of hydrogen-bond acceptors (Lipinski definition) is 3. The lowest BCUT2D eigenvalue weighted by Crippen LogP contribution is -1.99. The van der Waals surface area contributed by atoms with Crippen LogP contribution < -0.4 is 0 Å². The minimum Gasteiger partial charge on any atom is -0.328 e. The molecule has 2 unspecified atom stereocenters. The minimum atomic E-state index is -1.50. The van der Waals surface area contributed by atoms with Crippen LogP contribution in [-0.4, -0.2) is 17.6 Å². The molecule has 42 valence electrons. The molecule has 0 saturated carbocycles. The van der Waals surface area contributed by atoms with Gasteiger partial charge in [-0.25, -0.2) is 0 Å². The van der Waals surface area contributed by atoms with Gasteiger partial charge in [-0.05, 0) is 6.92 Å². The van der Waals surface area contributed by atoms with Crippen LogP contribution in [0.4, 0.5) is 0 Å². The van der Waals surface area contributed by atoms with Crippen LogP contribution in [0.3, 0.4) is 0 Å². The Hall–Kier alpha value is 0.310. The first kappa shape index (κ1) is 5.45. The van der Waals surface area contributed by atoms with Crippen LogP contribution in [0.15, 0.2) is 0 Å². The van der Waals surface area contributed by atoms with Gasteiger partial charge in [0.1, 0.15) is 0 Å². The summed E-state index contributed by atoms with van der Waals surface area (Å²) >= 11 is 0. The highest BCUT2D eigenvalue weighted by atomic mass is 31.2. The molecule has 1 aliphatic rings. The molecule has 0 aromatic heterocycles. The Morgan fingerprint density at radius 3 is 2.71 bits per heavy atom. The SMILES string of the molecule is CC1COP(O)O1. The van der Waals surface area contributed by atoms with E-state index in [0.717, 1.165) is 0 Å². The Bertz CT molecular complexity index is 59.2. The summed E-state index contributed by atoms with van der Waals surface area (Å²) in [5.74, 6) is 0. The summed E-state index contributed by atoms with van der Waals surface area (Å²) in [6.07, 6.45) is 0.0797. The predicted octanol–water partition coefficient (Wildman–Crippen LogP) is 0.641. The molecule has 1 aliphatic heterocycles. The van der Waals surface area contributed by atoms with Gasteiger partial charge in [0.25, 0.3) is 0 Å². The maximum absolute atomic E-state index is 8.52. The highest BCUT2D eigenvalue weighted by Crippen LogP contribution is 2.40. The summed E-state index contributed by atoms with van der Waals surface area (Å²) in [7, 11) is -1.50. The Kier molecular flexibility index (Phi) is 1.60. The summed E-state index contributed by atoms with van der Waals surface area (Å²) < 4.78 is 9.42. The maximum Gasteiger partial charge on any atom is 0.330 e. The molecule has 1 N–H and O–H groups in total. The molecule has 4 heteroatoms. The third kappa shape index (κ3) is 1.35. The Balaban J connectivity index is 2.26. The van der Waals surface area contributed by atoms with E-state index in [4.69, 9.17) is 9.42 Å². The zero-order chi connectivity index (χ0) is 5.28. The van der Waals surface area contributed by atoms with Gasteiger partial charge in [-0.15, -0.1) is 0 Å². The molecule has 2 atom stereocenters. The van der Waals surface area contributed by atoms with Gasteiger partial charge in [0.2, 0.25) is 0 Å². The van der Waals surface area contributed by atoms with Crippen molar-refractivity contribution in [1.82, 2.24) is 0 Å². The van der Waals surface area contributed by atoms with Crippen LogP contribution in [0.5, 0.6) is 0 Å². The Morgan fingerprint density at radius 1 is 1.86 bits per heavy atom. The van der Waals surface area contributed by atoms with Crippen LogP contribution in [0.1, 0.15) is 6.92 Å². The van der Waals surface area contributed by atoms with Crippen molar-refractivity contribution < 1.29 is 13.9 Å². The summed E-state index contributed by atoms with van der Waals surface area (Å²) in [5, 5.41) is 0. The lowest BCUT2D eigenvalue weighted by molar-refractivity contribution is 0.256. The molecule has 0 amide bonds. The zero-order valence-electron chi connectivity index (χ0n) is 4.00. The fraction of sp³-hybridized carbons (Fsp3) is 1.00. The van der Waals surface area contributed by atoms with E-state index in [1.54, 1.807) is 0 Å². The van der Waals surface area contributed by atoms with Crippen LogP contribution >= 0.6 is 8.60 Å². The van der Waals surface area contributed by atoms with Gasteiger partial charge in [0.05, 0.1) is 12.7 Å². The highest BCUT2D eigenvalue weighted by molar-refractivity contribution is 7.40. The standard InChI is InChI=1S/C3H7O3P/c1-3-2-5-7(4)6-3/h3-4H,2H2,1H3.